The number of nitrogens with two attached hydrogens (primary N) is 2. The predicted octanol–water partition coefficient (Wildman–Crippen LogP) is 4.35. The number of nitrogens with one attached hydrogen (secondary N) is 2. The van der Waals surface area contributed by atoms with Crippen molar-refractivity contribution in [2.24, 2.45) is 10.9 Å². The van der Waals surface area contributed by atoms with Crippen molar-refractivity contribution in [1.29, 1.82) is 5.41 Å². The topological polar surface area (TPSA) is 167 Å². The Kier molecular flexibility index (Phi) is 7.84. The molecule has 11 heteroatoms. The van der Waals surface area contributed by atoms with Gasteiger partial charge in [0.25, 0.3) is 5.91 Å². The first-order valence-corrected chi connectivity index (χ1v) is 13.1. The number of carbonyl (C=O) groups is 1. The van der Waals surface area contributed by atoms with Gasteiger partial charge in [0, 0.05) is 28.8 Å². The van der Waals surface area contributed by atoms with E-state index >= 15 is 0 Å². The molecule has 39 heavy (non-hydrogen) atoms. The average Bonchev–Trinajstić information content (AvgIpc) is 2.93. The Morgan fingerprint density at radius 3 is 2.13 bits per heavy atom. The molecule has 4 rings (SSSR count). The highest BCUT2D eigenvalue weighted by molar-refractivity contribution is 7.89. The molecule has 0 saturated carbocycles. The van der Waals surface area contributed by atoms with Crippen molar-refractivity contribution in [3.8, 4) is 34.1 Å². The van der Waals surface area contributed by atoms with Gasteiger partial charge in [-0.15, -0.1) is 0 Å². The highest BCUT2D eigenvalue weighted by Gasteiger charge is 2.18. The number of anilines is 1. The molecule has 0 aliphatic carbocycles. The molecule has 0 radical (unpaired) electrons. The standard InChI is InChI=1S/C28H26N4O6S/c1-36-24-15-22(23(16-25(24)37-2)38-20-7-5-6-19(14-20)27(29)30)32-28(33)18-12-10-17(11-13-18)21-8-3-4-9-26(21)39(31,34)35/h3-16H,1-2H3,(H3,29,30)(H,32,33)(H2,31,34,35). The summed E-state index contributed by atoms with van der Waals surface area (Å²) in [5, 5.41) is 15.8. The smallest absolute Gasteiger partial charge is 0.255 e. The number of nitrogen functional groups attached to an aromatic ring is 1. The minimum atomic E-state index is -3.93. The van der Waals surface area contributed by atoms with Crippen LogP contribution in [0.2, 0.25) is 0 Å². The summed E-state index contributed by atoms with van der Waals surface area (Å²) < 4.78 is 40.8. The van der Waals surface area contributed by atoms with Crippen LogP contribution in [0, 0.1) is 5.41 Å². The largest absolute Gasteiger partial charge is 0.493 e. The van der Waals surface area contributed by atoms with Gasteiger partial charge in [0.2, 0.25) is 10.0 Å². The van der Waals surface area contributed by atoms with Crippen LogP contribution in [0.25, 0.3) is 11.1 Å². The van der Waals surface area contributed by atoms with Crippen molar-refractivity contribution in [2.45, 2.75) is 4.90 Å². The van der Waals surface area contributed by atoms with E-state index in [9.17, 15) is 13.2 Å². The molecule has 6 N–H and O–H groups in total. The Balaban J connectivity index is 1.65. The maximum absolute atomic E-state index is 13.2. The van der Waals surface area contributed by atoms with Crippen LogP contribution in [0.4, 0.5) is 5.69 Å². The number of hydrogen-bond acceptors (Lipinski definition) is 7. The summed E-state index contributed by atoms with van der Waals surface area (Å²) in [5.74, 6) is 0.842. The number of rotatable bonds is 9. The summed E-state index contributed by atoms with van der Waals surface area (Å²) in [6.07, 6.45) is 0. The van der Waals surface area contributed by atoms with E-state index in [4.69, 9.17) is 30.5 Å². The fraction of sp³-hybridized carbons (Fsp3) is 0.0714. The van der Waals surface area contributed by atoms with E-state index in [0.717, 1.165) is 0 Å². The maximum atomic E-state index is 13.2. The average molecular weight is 547 g/mol. The van der Waals surface area contributed by atoms with Crippen molar-refractivity contribution in [1.82, 2.24) is 0 Å². The van der Waals surface area contributed by atoms with Crippen LogP contribution in [0.1, 0.15) is 15.9 Å². The first-order chi connectivity index (χ1) is 18.6. The molecular weight excluding hydrogens is 520 g/mol. The van der Waals surface area contributed by atoms with Crippen LogP contribution in [0.3, 0.4) is 0 Å². The van der Waals surface area contributed by atoms with Gasteiger partial charge >= 0.3 is 0 Å². The second-order valence-electron chi connectivity index (χ2n) is 8.32. The van der Waals surface area contributed by atoms with Crippen molar-refractivity contribution < 1.29 is 27.4 Å². The predicted molar refractivity (Wildman–Crippen MR) is 148 cm³/mol. The Morgan fingerprint density at radius 1 is 0.821 bits per heavy atom. The third kappa shape index (κ3) is 6.17. The number of carbonyl (C=O) groups excluding carboxylic acids is 1. The van der Waals surface area contributed by atoms with Crippen molar-refractivity contribution in [3.05, 3.63) is 96.1 Å². The molecule has 0 aromatic heterocycles. The zero-order valence-electron chi connectivity index (χ0n) is 21.1. The van der Waals surface area contributed by atoms with E-state index in [1.807, 2.05) is 0 Å². The summed E-state index contributed by atoms with van der Waals surface area (Å²) in [5.41, 5.74) is 7.69. The van der Waals surface area contributed by atoms with Crippen molar-refractivity contribution >= 4 is 27.5 Å². The Hall–Kier alpha value is -4.87. The minimum Gasteiger partial charge on any atom is -0.493 e. The number of primary sulfonamides is 1. The number of sulfonamides is 1. The third-order valence-electron chi connectivity index (χ3n) is 5.76. The second-order valence-corrected chi connectivity index (χ2v) is 9.85. The van der Waals surface area contributed by atoms with Gasteiger partial charge in [0.15, 0.2) is 17.2 Å². The van der Waals surface area contributed by atoms with Crippen molar-refractivity contribution in [2.75, 3.05) is 19.5 Å². The molecule has 0 saturated heterocycles. The van der Waals surface area contributed by atoms with E-state index in [-0.39, 0.29) is 16.5 Å². The third-order valence-corrected chi connectivity index (χ3v) is 6.73. The van der Waals surface area contributed by atoms with Gasteiger partial charge in [-0.1, -0.05) is 42.5 Å². The monoisotopic (exact) mass is 546 g/mol. The first kappa shape index (κ1) is 27.2. The lowest BCUT2D eigenvalue weighted by Crippen LogP contribution is -2.14. The molecule has 0 spiro atoms. The lowest BCUT2D eigenvalue weighted by molar-refractivity contribution is 0.102. The van der Waals surface area contributed by atoms with Crippen LogP contribution in [0.15, 0.2) is 89.8 Å². The van der Waals surface area contributed by atoms with Crippen LogP contribution < -0.4 is 30.4 Å². The van der Waals surface area contributed by atoms with Gasteiger partial charge < -0.3 is 25.3 Å². The Bertz CT molecular complexity index is 1650. The number of hydrogen-bond donors (Lipinski definition) is 4. The van der Waals surface area contributed by atoms with E-state index < -0.39 is 15.9 Å². The molecule has 4 aromatic rings. The van der Waals surface area contributed by atoms with Gasteiger partial charge in [-0.05, 0) is 35.9 Å². The van der Waals surface area contributed by atoms with Crippen molar-refractivity contribution in [3.63, 3.8) is 0 Å². The van der Waals surface area contributed by atoms with Gasteiger partial charge in [-0.2, -0.15) is 0 Å². The number of amidine groups is 1. The maximum Gasteiger partial charge on any atom is 0.255 e. The number of methoxy groups -OCH3 is 2. The van der Waals surface area contributed by atoms with E-state index in [1.54, 1.807) is 78.9 Å². The molecule has 1 amide bonds. The van der Waals surface area contributed by atoms with E-state index in [2.05, 4.69) is 5.32 Å². The number of benzene rings is 4. The van der Waals surface area contributed by atoms with Crippen LogP contribution >= 0.6 is 0 Å². The molecular formula is C28H26N4O6S. The Labute approximate surface area is 225 Å². The zero-order valence-corrected chi connectivity index (χ0v) is 21.9. The van der Waals surface area contributed by atoms with Gasteiger partial charge in [-0.25, -0.2) is 13.6 Å². The second kappa shape index (κ2) is 11.3. The minimum absolute atomic E-state index is 0.0110. The molecule has 10 nitrogen and oxygen atoms in total. The summed E-state index contributed by atoms with van der Waals surface area (Å²) in [6.45, 7) is 0. The van der Waals surface area contributed by atoms with Gasteiger partial charge in [0.1, 0.15) is 11.6 Å². The quantitative estimate of drug-likeness (QED) is 0.179. The molecule has 0 fully saturated rings. The zero-order chi connectivity index (χ0) is 28.2. The first-order valence-electron chi connectivity index (χ1n) is 11.5. The van der Waals surface area contributed by atoms with E-state index in [1.165, 1.54) is 20.3 Å². The lowest BCUT2D eigenvalue weighted by atomic mass is 10.0. The molecule has 4 aromatic carbocycles. The van der Waals surface area contributed by atoms with Crippen LogP contribution in [-0.4, -0.2) is 34.4 Å². The number of amides is 1. The molecule has 0 atom stereocenters. The van der Waals surface area contributed by atoms with Crippen LogP contribution in [-0.2, 0) is 10.0 Å². The number of ether oxygens (including phenoxy) is 3. The van der Waals surface area contributed by atoms with Gasteiger partial charge in [0.05, 0.1) is 24.8 Å². The van der Waals surface area contributed by atoms with E-state index in [0.29, 0.717) is 45.2 Å². The molecule has 0 bridgehead atoms. The highest BCUT2D eigenvalue weighted by atomic mass is 32.2. The fourth-order valence-electron chi connectivity index (χ4n) is 3.85. The van der Waals surface area contributed by atoms with Crippen LogP contribution in [0.5, 0.6) is 23.0 Å². The molecule has 0 heterocycles. The molecule has 0 aliphatic rings. The summed E-state index contributed by atoms with van der Waals surface area (Å²) in [7, 11) is -0.985. The molecule has 200 valence electrons. The SMILES string of the molecule is COc1cc(NC(=O)c2ccc(-c3ccccc3S(N)(=O)=O)cc2)c(Oc2cccc(C(=N)N)c2)cc1OC. The summed E-state index contributed by atoms with van der Waals surface area (Å²) in [6, 6.07) is 22.6. The molecule has 0 unspecified atom stereocenters. The highest BCUT2D eigenvalue weighted by Crippen LogP contribution is 2.40. The summed E-state index contributed by atoms with van der Waals surface area (Å²) >= 11 is 0. The Morgan fingerprint density at radius 2 is 1.49 bits per heavy atom. The lowest BCUT2D eigenvalue weighted by Gasteiger charge is -2.17. The fourth-order valence-corrected chi connectivity index (χ4v) is 4.61. The summed E-state index contributed by atoms with van der Waals surface area (Å²) in [4.78, 5) is 13.2. The normalized spacial score (nSPS) is 10.9. The van der Waals surface area contributed by atoms with Gasteiger partial charge in [-0.3, -0.25) is 10.2 Å². The molecule has 0 aliphatic heterocycles.